The molecule has 1 aliphatic carbocycles. The first kappa shape index (κ1) is 14.8. The standard InChI is InChI=1S/C16H28O4/c1-10-5-6-12-11(2)9-18-15-14(12)13(10)7-8-16(3,19-15)20-17-4/h10-15H,5-9H2,1-4H3/t10?,11-,12?,13?,14?,15+,16?/m0/s1. The van der Waals surface area contributed by atoms with Crippen LogP contribution >= 0.6 is 0 Å². The van der Waals surface area contributed by atoms with Crippen LogP contribution in [-0.4, -0.2) is 25.8 Å². The topological polar surface area (TPSA) is 36.9 Å². The van der Waals surface area contributed by atoms with Gasteiger partial charge in [-0.05, 0) is 43.4 Å². The SMILES string of the molecule is COOC1(C)CCC2C(C)CCC3C2[C@H](OC[C@@H]3C)O1. The summed E-state index contributed by atoms with van der Waals surface area (Å²) in [7, 11) is 1.54. The number of rotatable bonds is 2. The summed E-state index contributed by atoms with van der Waals surface area (Å²) in [6.45, 7) is 7.48. The summed E-state index contributed by atoms with van der Waals surface area (Å²) in [6, 6.07) is 0. The van der Waals surface area contributed by atoms with Gasteiger partial charge in [-0.25, -0.2) is 9.78 Å². The van der Waals surface area contributed by atoms with Crippen molar-refractivity contribution in [2.75, 3.05) is 13.7 Å². The molecule has 20 heavy (non-hydrogen) atoms. The Morgan fingerprint density at radius 1 is 1.05 bits per heavy atom. The van der Waals surface area contributed by atoms with Crippen LogP contribution < -0.4 is 0 Å². The molecule has 5 unspecified atom stereocenters. The Hall–Kier alpha value is -0.160. The van der Waals surface area contributed by atoms with E-state index in [1.54, 1.807) is 7.11 Å². The molecule has 0 spiro atoms. The summed E-state index contributed by atoms with van der Waals surface area (Å²) in [6.07, 6.45) is 4.52. The number of ether oxygens (including phenoxy) is 2. The first-order chi connectivity index (χ1) is 9.54. The van der Waals surface area contributed by atoms with Crippen molar-refractivity contribution in [1.82, 2.24) is 0 Å². The van der Waals surface area contributed by atoms with Crippen LogP contribution in [0.5, 0.6) is 0 Å². The molecule has 4 heteroatoms. The molecule has 4 nitrogen and oxygen atoms in total. The third kappa shape index (κ3) is 2.52. The lowest BCUT2D eigenvalue weighted by atomic mass is 9.61. The minimum Gasteiger partial charge on any atom is -0.352 e. The molecule has 1 saturated carbocycles. The van der Waals surface area contributed by atoms with Crippen molar-refractivity contribution in [1.29, 1.82) is 0 Å². The Balaban J connectivity index is 1.86. The zero-order valence-electron chi connectivity index (χ0n) is 13.1. The van der Waals surface area contributed by atoms with E-state index in [9.17, 15) is 0 Å². The minimum atomic E-state index is -0.679. The van der Waals surface area contributed by atoms with Crippen molar-refractivity contribution in [3.8, 4) is 0 Å². The molecule has 3 aliphatic rings. The summed E-state index contributed by atoms with van der Waals surface area (Å²) in [5.74, 6) is 2.65. The van der Waals surface area contributed by atoms with Crippen LogP contribution in [0.2, 0.25) is 0 Å². The molecule has 0 bridgehead atoms. The van der Waals surface area contributed by atoms with Gasteiger partial charge in [-0.1, -0.05) is 20.3 Å². The van der Waals surface area contributed by atoms with E-state index in [1.807, 2.05) is 6.92 Å². The fraction of sp³-hybridized carbons (Fsp3) is 1.00. The molecular formula is C16H28O4. The zero-order chi connectivity index (χ0) is 14.3. The third-order valence-electron chi connectivity index (χ3n) is 5.80. The Kier molecular flexibility index (Phi) is 4.10. The van der Waals surface area contributed by atoms with Gasteiger partial charge in [0.05, 0.1) is 13.7 Å². The van der Waals surface area contributed by atoms with Crippen molar-refractivity contribution in [3.05, 3.63) is 0 Å². The second-order valence-corrected chi connectivity index (χ2v) is 7.18. The summed E-state index contributed by atoms with van der Waals surface area (Å²) < 4.78 is 12.2. The summed E-state index contributed by atoms with van der Waals surface area (Å²) >= 11 is 0. The quantitative estimate of drug-likeness (QED) is 0.575. The second-order valence-electron chi connectivity index (χ2n) is 7.18. The smallest absolute Gasteiger partial charge is 0.201 e. The molecule has 7 atom stereocenters. The van der Waals surface area contributed by atoms with Gasteiger partial charge in [0.15, 0.2) is 6.29 Å². The molecule has 116 valence electrons. The van der Waals surface area contributed by atoms with Crippen molar-refractivity contribution in [2.45, 2.75) is 58.5 Å². The van der Waals surface area contributed by atoms with Crippen molar-refractivity contribution >= 4 is 0 Å². The maximum atomic E-state index is 6.21. The highest BCUT2D eigenvalue weighted by Crippen LogP contribution is 2.52. The summed E-state index contributed by atoms with van der Waals surface area (Å²) in [5.41, 5.74) is 0. The molecule has 0 aromatic carbocycles. The van der Waals surface area contributed by atoms with Crippen LogP contribution in [0.15, 0.2) is 0 Å². The van der Waals surface area contributed by atoms with Crippen LogP contribution in [0.25, 0.3) is 0 Å². The number of hydrogen-bond acceptors (Lipinski definition) is 4. The molecule has 2 saturated heterocycles. The van der Waals surface area contributed by atoms with Gasteiger partial charge in [-0.3, -0.25) is 0 Å². The molecule has 0 N–H and O–H groups in total. The zero-order valence-corrected chi connectivity index (χ0v) is 13.1. The average Bonchev–Trinajstić information content (AvgIpc) is 2.55. The van der Waals surface area contributed by atoms with Crippen LogP contribution in [0.3, 0.4) is 0 Å². The Morgan fingerprint density at radius 2 is 1.80 bits per heavy atom. The van der Waals surface area contributed by atoms with E-state index in [1.165, 1.54) is 12.8 Å². The fourth-order valence-corrected chi connectivity index (χ4v) is 4.67. The van der Waals surface area contributed by atoms with Gasteiger partial charge in [0.2, 0.25) is 5.79 Å². The van der Waals surface area contributed by atoms with E-state index in [0.717, 1.165) is 31.3 Å². The fourth-order valence-electron chi connectivity index (χ4n) is 4.67. The van der Waals surface area contributed by atoms with Crippen LogP contribution in [0, 0.1) is 29.6 Å². The molecule has 0 radical (unpaired) electrons. The minimum absolute atomic E-state index is 0.133. The van der Waals surface area contributed by atoms with Crippen molar-refractivity contribution in [3.63, 3.8) is 0 Å². The first-order valence-corrected chi connectivity index (χ1v) is 8.05. The van der Waals surface area contributed by atoms with Gasteiger partial charge in [0, 0.05) is 12.3 Å². The largest absolute Gasteiger partial charge is 0.352 e. The molecule has 2 heterocycles. The van der Waals surface area contributed by atoms with Crippen molar-refractivity contribution < 1.29 is 19.2 Å². The average molecular weight is 284 g/mol. The van der Waals surface area contributed by atoms with E-state index in [-0.39, 0.29) is 6.29 Å². The monoisotopic (exact) mass is 284 g/mol. The highest BCUT2D eigenvalue weighted by molar-refractivity contribution is 4.94. The molecular weight excluding hydrogens is 256 g/mol. The molecule has 3 fully saturated rings. The first-order valence-electron chi connectivity index (χ1n) is 8.05. The summed E-state index contributed by atoms with van der Waals surface area (Å²) in [5, 5.41) is 0. The normalized spacial score (nSPS) is 52.2. The van der Waals surface area contributed by atoms with Gasteiger partial charge >= 0.3 is 0 Å². The maximum Gasteiger partial charge on any atom is 0.201 e. The predicted octanol–water partition coefficient (Wildman–Crippen LogP) is 3.36. The molecule has 0 amide bonds. The molecule has 0 aromatic heterocycles. The number of hydrogen-bond donors (Lipinski definition) is 0. The van der Waals surface area contributed by atoms with Gasteiger partial charge < -0.3 is 9.47 Å². The molecule has 2 aliphatic heterocycles. The van der Waals surface area contributed by atoms with Gasteiger partial charge in [0.25, 0.3) is 0 Å². The maximum absolute atomic E-state index is 6.21. The Bertz CT molecular complexity index is 347. The lowest BCUT2D eigenvalue weighted by Crippen LogP contribution is -2.50. The summed E-state index contributed by atoms with van der Waals surface area (Å²) in [4.78, 5) is 10.3. The second kappa shape index (κ2) is 5.56. The van der Waals surface area contributed by atoms with Gasteiger partial charge in [-0.15, -0.1) is 0 Å². The van der Waals surface area contributed by atoms with Crippen molar-refractivity contribution in [2.24, 2.45) is 29.6 Å². The molecule has 3 rings (SSSR count). The van der Waals surface area contributed by atoms with Crippen LogP contribution in [0.1, 0.15) is 46.5 Å². The lowest BCUT2D eigenvalue weighted by molar-refractivity contribution is -0.441. The lowest BCUT2D eigenvalue weighted by Gasteiger charge is -2.49. The van der Waals surface area contributed by atoms with Crippen LogP contribution in [-0.2, 0) is 19.2 Å². The van der Waals surface area contributed by atoms with E-state index >= 15 is 0 Å². The third-order valence-corrected chi connectivity index (χ3v) is 5.80. The van der Waals surface area contributed by atoms with Gasteiger partial charge in [0.1, 0.15) is 0 Å². The highest BCUT2D eigenvalue weighted by Gasteiger charge is 2.52. The Morgan fingerprint density at radius 3 is 2.55 bits per heavy atom. The van der Waals surface area contributed by atoms with E-state index < -0.39 is 5.79 Å². The van der Waals surface area contributed by atoms with Crippen LogP contribution in [0.4, 0.5) is 0 Å². The van der Waals surface area contributed by atoms with E-state index in [4.69, 9.17) is 19.2 Å². The van der Waals surface area contributed by atoms with E-state index in [2.05, 4.69) is 13.8 Å². The van der Waals surface area contributed by atoms with Gasteiger partial charge in [-0.2, -0.15) is 0 Å². The van der Waals surface area contributed by atoms with E-state index in [0.29, 0.717) is 17.8 Å². The predicted molar refractivity (Wildman–Crippen MR) is 74.6 cm³/mol. The Labute approximate surface area is 122 Å². The molecule has 0 aromatic rings. The highest BCUT2D eigenvalue weighted by atomic mass is 17.2.